The third-order valence-corrected chi connectivity index (χ3v) is 3.34. The number of hydrogen-bond acceptors (Lipinski definition) is 3. The zero-order valence-electron chi connectivity index (χ0n) is 10.4. The highest BCUT2D eigenvalue weighted by molar-refractivity contribution is 5.78. The standard InChI is InChI=1S/C12H20N4O/c1-9-5-15-16(8-9)4-3-14-12(17)10(2)11-6-13-7-11/h5,8,10-11,13H,3-4,6-7H2,1-2H3,(H,14,17). The van der Waals surface area contributed by atoms with Crippen molar-refractivity contribution in [1.29, 1.82) is 0 Å². The van der Waals surface area contributed by atoms with E-state index >= 15 is 0 Å². The van der Waals surface area contributed by atoms with Crippen LogP contribution in [0, 0.1) is 18.8 Å². The molecule has 1 aliphatic rings. The van der Waals surface area contributed by atoms with Gasteiger partial charge in [0.1, 0.15) is 0 Å². The topological polar surface area (TPSA) is 59.0 Å². The molecule has 1 amide bonds. The van der Waals surface area contributed by atoms with Gasteiger partial charge in [-0.3, -0.25) is 9.48 Å². The number of aryl methyl sites for hydroxylation is 1. The normalized spacial score (nSPS) is 17.5. The van der Waals surface area contributed by atoms with Crippen LogP contribution < -0.4 is 10.6 Å². The molecule has 0 saturated carbocycles. The van der Waals surface area contributed by atoms with Crippen molar-refractivity contribution < 1.29 is 4.79 Å². The third-order valence-electron chi connectivity index (χ3n) is 3.34. The van der Waals surface area contributed by atoms with Gasteiger partial charge < -0.3 is 10.6 Å². The van der Waals surface area contributed by atoms with E-state index in [0.717, 1.165) is 25.2 Å². The molecule has 0 spiro atoms. The Morgan fingerprint density at radius 1 is 1.71 bits per heavy atom. The zero-order valence-corrected chi connectivity index (χ0v) is 10.4. The quantitative estimate of drug-likeness (QED) is 0.766. The predicted molar refractivity (Wildman–Crippen MR) is 65.5 cm³/mol. The Balaban J connectivity index is 1.69. The van der Waals surface area contributed by atoms with Crippen molar-refractivity contribution in [3.8, 4) is 0 Å². The Kier molecular flexibility index (Phi) is 3.78. The van der Waals surface area contributed by atoms with Crippen molar-refractivity contribution in [2.75, 3.05) is 19.6 Å². The summed E-state index contributed by atoms with van der Waals surface area (Å²) in [6.45, 7) is 7.31. The van der Waals surface area contributed by atoms with Crippen LogP contribution in [0.3, 0.4) is 0 Å². The molecule has 0 aromatic carbocycles. The lowest BCUT2D eigenvalue weighted by molar-refractivity contribution is -0.126. The second-order valence-electron chi connectivity index (χ2n) is 4.78. The monoisotopic (exact) mass is 236 g/mol. The fraction of sp³-hybridized carbons (Fsp3) is 0.667. The summed E-state index contributed by atoms with van der Waals surface area (Å²) in [5, 5.41) is 10.3. The van der Waals surface area contributed by atoms with Gasteiger partial charge in [0.25, 0.3) is 0 Å². The number of nitrogens with zero attached hydrogens (tertiary/aromatic N) is 2. The molecule has 1 fully saturated rings. The lowest BCUT2D eigenvalue weighted by atomic mass is 9.88. The van der Waals surface area contributed by atoms with Gasteiger partial charge in [-0.25, -0.2) is 0 Å². The lowest BCUT2D eigenvalue weighted by Crippen LogP contribution is -2.49. The van der Waals surface area contributed by atoms with Gasteiger partial charge >= 0.3 is 0 Å². The van der Waals surface area contributed by atoms with Gasteiger partial charge in [0.15, 0.2) is 0 Å². The molecule has 1 saturated heterocycles. The molecule has 5 heteroatoms. The van der Waals surface area contributed by atoms with Crippen LogP contribution in [0.25, 0.3) is 0 Å². The molecule has 0 aliphatic carbocycles. The second kappa shape index (κ2) is 5.31. The number of carbonyl (C=O) groups excluding carboxylic acids is 1. The number of carbonyl (C=O) groups is 1. The molecule has 1 atom stereocenters. The van der Waals surface area contributed by atoms with E-state index in [1.54, 1.807) is 0 Å². The molecule has 1 aromatic rings. The summed E-state index contributed by atoms with van der Waals surface area (Å²) in [5.41, 5.74) is 1.14. The van der Waals surface area contributed by atoms with Gasteiger partial charge in [0.2, 0.25) is 5.91 Å². The van der Waals surface area contributed by atoms with Gasteiger partial charge in [-0.05, 0) is 31.5 Å². The molecule has 2 N–H and O–H groups in total. The summed E-state index contributed by atoms with van der Waals surface area (Å²) in [4.78, 5) is 11.8. The van der Waals surface area contributed by atoms with E-state index in [1.165, 1.54) is 0 Å². The van der Waals surface area contributed by atoms with Crippen LogP contribution in [0.2, 0.25) is 0 Å². The van der Waals surface area contributed by atoms with E-state index in [0.29, 0.717) is 12.5 Å². The first-order valence-electron chi connectivity index (χ1n) is 6.14. The maximum absolute atomic E-state index is 11.8. The Labute approximate surface area is 102 Å². The van der Waals surface area contributed by atoms with Crippen LogP contribution in [-0.2, 0) is 11.3 Å². The average Bonchev–Trinajstić information content (AvgIpc) is 2.61. The molecule has 0 bridgehead atoms. The fourth-order valence-corrected chi connectivity index (χ4v) is 1.92. The highest BCUT2D eigenvalue weighted by Gasteiger charge is 2.28. The summed E-state index contributed by atoms with van der Waals surface area (Å²) in [6, 6.07) is 0. The number of hydrogen-bond donors (Lipinski definition) is 2. The Bertz CT molecular complexity index is 384. The van der Waals surface area contributed by atoms with E-state index in [4.69, 9.17) is 0 Å². The first-order valence-corrected chi connectivity index (χ1v) is 6.14. The molecule has 2 rings (SSSR count). The van der Waals surface area contributed by atoms with Crippen molar-refractivity contribution in [3.05, 3.63) is 18.0 Å². The minimum atomic E-state index is 0.107. The average molecular weight is 236 g/mol. The summed E-state index contributed by atoms with van der Waals surface area (Å²) >= 11 is 0. The molecular weight excluding hydrogens is 216 g/mol. The zero-order chi connectivity index (χ0) is 12.3. The smallest absolute Gasteiger partial charge is 0.223 e. The largest absolute Gasteiger partial charge is 0.354 e. The van der Waals surface area contributed by atoms with Crippen LogP contribution in [-0.4, -0.2) is 35.3 Å². The van der Waals surface area contributed by atoms with Crippen molar-refractivity contribution >= 4 is 5.91 Å². The Morgan fingerprint density at radius 3 is 3.00 bits per heavy atom. The number of amides is 1. The molecule has 94 valence electrons. The number of nitrogens with one attached hydrogen (secondary N) is 2. The van der Waals surface area contributed by atoms with Crippen LogP contribution >= 0.6 is 0 Å². The first kappa shape index (κ1) is 12.1. The van der Waals surface area contributed by atoms with Crippen LogP contribution in [0.4, 0.5) is 0 Å². The molecule has 0 radical (unpaired) electrons. The van der Waals surface area contributed by atoms with Gasteiger partial charge in [-0.1, -0.05) is 6.92 Å². The predicted octanol–water partition coefficient (Wildman–Crippen LogP) is 0.163. The maximum Gasteiger partial charge on any atom is 0.223 e. The van der Waals surface area contributed by atoms with Crippen molar-refractivity contribution in [2.24, 2.45) is 11.8 Å². The van der Waals surface area contributed by atoms with E-state index in [9.17, 15) is 4.79 Å². The highest BCUT2D eigenvalue weighted by Crippen LogP contribution is 2.15. The van der Waals surface area contributed by atoms with E-state index in [2.05, 4.69) is 15.7 Å². The van der Waals surface area contributed by atoms with Crippen LogP contribution in [0.1, 0.15) is 12.5 Å². The minimum absolute atomic E-state index is 0.107. The number of rotatable bonds is 5. The summed E-state index contributed by atoms with van der Waals surface area (Å²) in [6.07, 6.45) is 3.80. The van der Waals surface area contributed by atoms with Gasteiger partial charge in [-0.2, -0.15) is 5.10 Å². The SMILES string of the molecule is Cc1cnn(CCNC(=O)C(C)C2CNC2)c1. The van der Waals surface area contributed by atoms with Crippen LogP contribution in [0.5, 0.6) is 0 Å². The lowest BCUT2D eigenvalue weighted by Gasteiger charge is -2.31. The van der Waals surface area contributed by atoms with Crippen molar-refractivity contribution in [3.63, 3.8) is 0 Å². The molecule has 5 nitrogen and oxygen atoms in total. The maximum atomic E-state index is 11.8. The van der Waals surface area contributed by atoms with Gasteiger partial charge in [0, 0.05) is 18.7 Å². The van der Waals surface area contributed by atoms with Gasteiger partial charge in [-0.15, -0.1) is 0 Å². The minimum Gasteiger partial charge on any atom is -0.354 e. The van der Waals surface area contributed by atoms with E-state index in [-0.39, 0.29) is 11.8 Å². The Hall–Kier alpha value is -1.36. The fourth-order valence-electron chi connectivity index (χ4n) is 1.92. The highest BCUT2D eigenvalue weighted by atomic mass is 16.1. The molecule has 1 aromatic heterocycles. The second-order valence-corrected chi connectivity index (χ2v) is 4.78. The summed E-state index contributed by atoms with van der Waals surface area (Å²) in [5.74, 6) is 0.762. The van der Waals surface area contributed by atoms with Crippen molar-refractivity contribution in [2.45, 2.75) is 20.4 Å². The molecule has 1 unspecified atom stereocenters. The molecule has 17 heavy (non-hydrogen) atoms. The van der Waals surface area contributed by atoms with Crippen LogP contribution in [0.15, 0.2) is 12.4 Å². The summed E-state index contributed by atoms with van der Waals surface area (Å²) < 4.78 is 1.85. The molecule has 2 heterocycles. The van der Waals surface area contributed by atoms with Gasteiger partial charge in [0.05, 0.1) is 12.7 Å². The molecule has 1 aliphatic heterocycles. The van der Waals surface area contributed by atoms with E-state index < -0.39 is 0 Å². The Morgan fingerprint density at radius 2 is 2.47 bits per heavy atom. The summed E-state index contributed by atoms with van der Waals surface area (Å²) in [7, 11) is 0. The first-order chi connectivity index (χ1) is 8.16. The number of aromatic nitrogens is 2. The van der Waals surface area contributed by atoms with Crippen molar-refractivity contribution in [1.82, 2.24) is 20.4 Å². The van der Waals surface area contributed by atoms with E-state index in [1.807, 2.05) is 30.9 Å². The molecular formula is C12H20N4O. The third kappa shape index (κ3) is 3.06.